The van der Waals surface area contributed by atoms with Crippen molar-refractivity contribution >= 4 is 39.0 Å². The van der Waals surface area contributed by atoms with Gasteiger partial charge in [0.25, 0.3) is 6.43 Å². The molecule has 36 heavy (non-hydrogen) atoms. The van der Waals surface area contributed by atoms with Crippen LogP contribution in [0.2, 0.25) is 0 Å². The molecule has 0 fully saturated rings. The largest absolute Gasteiger partial charge is 0.444 e. The molecule has 1 aliphatic rings. The number of carbonyl (C=O) groups excluding carboxylic acids is 1. The van der Waals surface area contributed by atoms with Gasteiger partial charge in [-0.05, 0) is 64.7 Å². The summed E-state index contributed by atoms with van der Waals surface area (Å²) in [6.07, 6.45) is 4.52. The lowest BCUT2D eigenvalue weighted by molar-refractivity contribution is 0.0502. The van der Waals surface area contributed by atoms with Crippen LogP contribution in [0.5, 0.6) is 0 Å². The van der Waals surface area contributed by atoms with Gasteiger partial charge in [0.05, 0.1) is 23.7 Å². The third-order valence-electron chi connectivity index (χ3n) is 5.76. The molecule has 0 aromatic carbocycles. The van der Waals surface area contributed by atoms with Crippen molar-refractivity contribution in [1.29, 1.82) is 0 Å². The van der Waals surface area contributed by atoms with E-state index >= 15 is 0 Å². The first-order valence-electron chi connectivity index (χ1n) is 11.7. The number of nitrogens with one attached hydrogen (secondary N) is 1. The van der Waals surface area contributed by atoms with Crippen molar-refractivity contribution < 1.29 is 18.3 Å². The number of carbonyl (C=O) groups is 1. The molecule has 0 spiro atoms. The number of rotatable bonds is 4. The zero-order chi connectivity index (χ0) is 25.6. The van der Waals surface area contributed by atoms with Gasteiger partial charge >= 0.3 is 6.09 Å². The highest BCUT2D eigenvalue weighted by molar-refractivity contribution is 7.19. The van der Waals surface area contributed by atoms with Gasteiger partial charge in [-0.15, -0.1) is 11.3 Å². The molecule has 0 saturated heterocycles. The number of aromatic nitrogens is 5. The molecule has 0 bridgehead atoms. The number of halogens is 2. The van der Waals surface area contributed by atoms with E-state index in [9.17, 15) is 13.6 Å². The highest BCUT2D eigenvalue weighted by Gasteiger charge is 2.23. The van der Waals surface area contributed by atoms with Crippen molar-refractivity contribution in [2.45, 2.75) is 65.0 Å². The van der Waals surface area contributed by atoms with Crippen LogP contribution >= 0.6 is 11.3 Å². The Kier molecular flexibility index (Phi) is 6.19. The topological polar surface area (TPSA) is 94.3 Å². The summed E-state index contributed by atoms with van der Waals surface area (Å²) in [5.41, 5.74) is 2.67. The Morgan fingerprint density at radius 1 is 1.25 bits per heavy atom. The summed E-state index contributed by atoms with van der Waals surface area (Å²) in [6, 6.07) is 3.35. The van der Waals surface area contributed by atoms with E-state index in [1.807, 2.05) is 26.8 Å². The molecule has 4 aromatic heterocycles. The number of fused-ring (bicyclic) bond motifs is 2. The van der Waals surface area contributed by atoms with E-state index in [1.54, 1.807) is 19.3 Å². The van der Waals surface area contributed by atoms with Crippen LogP contribution in [-0.4, -0.2) is 42.3 Å². The lowest BCUT2D eigenvalue weighted by Crippen LogP contribution is -2.39. The van der Waals surface area contributed by atoms with Crippen molar-refractivity contribution in [1.82, 2.24) is 29.9 Å². The number of nitrogens with zero attached hydrogens (tertiary/aromatic N) is 5. The standard InChI is InChI=1S/C25H26F2N6O2S/c1-13-12-33-22(29-13)16(21(26)27)9-17(32-33)19-11-28-18-10-20(36-23(18)31-19)14-5-7-15(8-6-14)30-24(34)35-25(2,3)4/h5,9-12,15,21H,6-8H2,1-4H3,(H,30,34). The fraction of sp³-hybridized carbons (Fsp3) is 0.400. The monoisotopic (exact) mass is 512 g/mol. The molecule has 11 heteroatoms. The lowest BCUT2D eigenvalue weighted by atomic mass is 9.94. The fourth-order valence-electron chi connectivity index (χ4n) is 4.16. The molecule has 188 valence electrons. The highest BCUT2D eigenvalue weighted by Crippen LogP contribution is 2.35. The fourth-order valence-corrected chi connectivity index (χ4v) is 5.21. The SMILES string of the molecule is Cc1cn2nc(-c3cnc4cc(C5=CCC(NC(=O)OC(C)(C)C)CC5)sc4n3)cc(C(F)F)c2n1. The van der Waals surface area contributed by atoms with E-state index in [-0.39, 0.29) is 17.3 Å². The number of thiophene rings is 1. The quantitative estimate of drug-likeness (QED) is 0.355. The Balaban J connectivity index is 1.37. The van der Waals surface area contributed by atoms with Gasteiger partial charge in [0, 0.05) is 10.9 Å². The molecule has 1 N–H and O–H groups in total. The second kappa shape index (κ2) is 9.20. The Labute approximate surface area is 210 Å². The van der Waals surface area contributed by atoms with E-state index in [1.165, 1.54) is 27.5 Å². The maximum Gasteiger partial charge on any atom is 0.407 e. The Morgan fingerprint density at radius 2 is 2.06 bits per heavy atom. The van der Waals surface area contributed by atoms with Gasteiger partial charge in [-0.3, -0.25) is 4.98 Å². The van der Waals surface area contributed by atoms with Crippen LogP contribution in [0.1, 0.15) is 62.6 Å². The van der Waals surface area contributed by atoms with Crippen LogP contribution in [0.3, 0.4) is 0 Å². The summed E-state index contributed by atoms with van der Waals surface area (Å²) in [5.74, 6) is 0. The third-order valence-corrected chi connectivity index (χ3v) is 6.86. The number of amides is 1. The summed E-state index contributed by atoms with van der Waals surface area (Å²) >= 11 is 1.50. The number of imidazole rings is 1. The van der Waals surface area contributed by atoms with Gasteiger partial charge in [0.2, 0.25) is 0 Å². The summed E-state index contributed by atoms with van der Waals surface area (Å²) in [7, 11) is 0. The number of allylic oxidation sites excluding steroid dienone is 1. The maximum absolute atomic E-state index is 13.7. The Bertz CT molecular complexity index is 1490. The third kappa shape index (κ3) is 5.06. The Morgan fingerprint density at radius 3 is 2.75 bits per heavy atom. The average molecular weight is 513 g/mol. The molecule has 0 saturated carbocycles. The van der Waals surface area contributed by atoms with Gasteiger partial charge in [0.15, 0.2) is 5.65 Å². The number of hydrogen-bond acceptors (Lipinski definition) is 7. The molecule has 4 heterocycles. The van der Waals surface area contributed by atoms with Crippen molar-refractivity contribution in [3.8, 4) is 11.4 Å². The second-order valence-corrected chi connectivity index (χ2v) is 10.9. The van der Waals surface area contributed by atoms with Gasteiger partial charge in [-0.25, -0.2) is 28.1 Å². The molecular weight excluding hydrogens is 486 g/mol. The number of aryl methyl sites for hydroxylation is 1. The van der Waals surface area contributed by atoms with Crippen LogP contribution in [0, 0.1) is 6.92 Å². The summed E-state index contributed by atoms with van der Waals surface area (Å²) in [5, 5.41) is 7.37. The predicted molar refractivity (Wildman–Crippen MR) is 134 cm³/mol. The molecule has 1 aliphatic carbocycles. The van der Waals surface area contributed by atoms with Crippen LogP contribution in [-0.2, 0) is 4.74 Å². The average Bonchev–Trinajstić information content (AvgIpc) is 3.39. The summed E-state index contributed by atoms with van der Waals surface area (Å²) < 4.78 is 34.1. The number of ether oxygens (including phenoxy) is 1. The van der Waals surface area contributed by atoms with Crippen molar-refractivity contribution in [2.75, 3.05) is 0 Å². The summed E-state index contributed by atoms with van der Waals surface area (Å²) in [6.45, 7) is 7.25. The first-order valence-corrected chi connectivity index (χ1v) is 12.5. The van der Waals surface area contributed by atoms with Crippen molar-refractivity contribution in [3.05, 3.63) is 46.7 Å². The molecule has 4 aromatic rings. The molecule has 1 amide bonds. The van der Waals surface area contributed by atoms with Gasteiger partial charge in [0.1, 0.15) is 27.3 Å². The number of alkyl carbamates (subject to hydrolysis) is 1. The van der Waals surface area contributed by atoms with Gasteiger partial charge < -0.3 is 10.1 Å². The molecule has 1 unspecified atom stereocenters. The number of alkyl halides is 2. The smallest absolute Gasteiger partial charge is 0.407 e. The molecule has 8 nitrogen and oxygen atoms in total. The first kappa shape index (κ1) is 24.2. The molecular formula is C25H26F2N6O2S. The van der Waals surface area contributed by atoms with Crippen LogP contribution < -0.4 is 5.32 Å². The second-order valence-electron chi connectivity index (χ2n) is 9.84. The highest BCUT2D eigenvalue weighted by atomic mass is 32.1. The van der Waals surface area contributed by atoms with E-state index in [0.717, 1.165) is 23.2 Å². The Hall–Kier alpha value is -3.47. The minimum atomic E-state index is -2.69. The van der Waals surface area contributed by atoms with Gasteiger partial charge in [-0.1, -0.05) is 6.08 Å². The lowest BCUT2D eigenvalue weighted by Gasteiger charge is -2.25. The minimum Gasteiger partial charge on any atom is -0.444 e. The molecule has 5 rings (SSSR count). The number of hydrogen-bond donors (Lipinski definition) is 1. The molecule has 0 radical (unpaired) electrons. The van der Waals surface area contributed by atoms with E-state index in [4.69, 9.17) is 4.74 Å². The molecule has 0 aliphatic heterocycles. The molecule has 1 atom stereocenters. The zero-order valence-corrected chi connectivity index (χ0v) is 21.2. The normalized spacial score (nSPS) is 16.5. The van der Waals surface area contributed by atoms with E-state index in [0.29, 0.717) is 28.3 Å². The minimum absolute atomic E-state index is 0.0256. The van der Waals surface area contributed by atoms with E-state index < -0.39 is 18.1 Å². The van der Waals surface area contributed by atoms with Gasteiger partial charge in [-0.2, -0.15) is 5.10 Å². The first-order chi connectivity index (χ1) is 17.1. The van der Waals surface area contributed by atoms with Crippen LogP contribution in [0.4, 0.5) is 13.6 Å². The predicted octanol–water partition coefficient (Wildman–Crippen LogP) is 6.11. The van der Waals surface area contributed by atoms with Crippen molar-refractivity contribution in [2.24, 2.45) is 0 Å². The summed E-state index contributed by atoms with van der Waals surface area (Å²) in [4.78, 5) is 27.2. The van der Waals surface area contributed by atoms with Crippen LogP contribution in [0.15, 0.2) is 30.6 Å². The maximum atomic E-state index is 13.7. The zero-order valence-electron chi connectivity index (χ0n) is 20.4. The van der Waals surface area contributed by atoms with E-state index in [2.05, 4.69) is 31.4 Å². The van der Waals surface area contributed by atoms with Crippen molar-refractivity contribution in [3.63, 3.8) is 0 Å². The van der Waals surface area contributed by atoms with Crippen LogP contribution in [0.25, 0.3) is 33.0 Å².